The Morgan fingerprint density at radius 1 is 1.36 bits per heavy atom. The van der Waals surface area contributed by atoms with E-state index in [0.717, 1.165) is 6.42 Å². The molecule has 0 radical (unpaired) electrons. The van der Waals surface area contributed by atoms with Crippen molar-refractivity contribution >= 4 is 12.9 Å². The summed E-state index contributed by atoms with van der Waals surface area (Å²) >= 11 is 3.81. The second-order valence-corrected chi connectivity index (χ2v) is 2.62. The molecular formula is C9H12OS. The molecule has 0 bridgehead atoms. The SMILES string of the molecule is CCC(OS)c1ccccc1. The molecule has 0 saturated heterocycles. The lowest BCUT2D eigenvalue weighted by atomic mass is 10.1. The van der Waals surface area contributed by atoms with E-state index in [-0.39, 0.29) is 6.10 Å². The van der Waals surface area contributed by atoms with Crippen molar-refractivity contribution in [2.24, 2.45) is 0 Å². The molecule has 1 aromatic rings. The average molecular weight is 168 g/mol. The summed E-state index contributed by atoms with van der Waals surface area (Å²) in [6.45, 7) is 2.08. The van der Waals surface area contributed by atoms with Crippen molar-refractivity contribution in [3.63, 3.8) is 0 Å². The van der Waals surface area contributed by atoms with Gasteiger partial charge in [0, 0.05) is 0 Å². The molecule has 0 aromatic heterocycles. The zero-order valence-electron chi connectivity index (χ0n) is 6.53. The molecule has 2 heteroatoms. The largest absolute Gasteiger partial charge is 0.311 e. The van der Waals surface area contributed by atoms with E-state index in [1.807, 2.05) is 30.3 Å². The molecule has 0 amide bonds. The van der Waals surface area contributed by atoms with E-state index in [4.69, 9.17) is 4.18 Å². The Bertz CT molecular complexity index is 194. The van der Waals surface area contributed by atoms with Crippen molar-refractivity contribution in [2.45, 2.75) is 19.4 Å². The van der Waals surface area contributed by atoms with Crippen LogP contribution in [0.5, 0.6) is 0 Å². The summed E-state index contributed by atoms with van der Waals surface area (Å²) < 4.78 is 4.98. The molecule has 0 aliphatic carbocycles. The summed E-state index contributed by atoms with van der Waals surface area (Å²) in [5, 5.41) is 0. The molecule has 11 heavy (non-hydrogen) atoms. The lowest BCUT2D eigenvalue weighted by molar-refractivity contribution is 0.248. The van der Waals surface area contributed by atoms with Crippen molar-refractivity contribution in [2.75, 3.05) is 0 Å². The Morgan fingerprint density at radius 3 is 2.45 bits per heavy atom. The van der Waals surface area contributed by atoms with Gasteiger partial charge in [-0.05, 0) is 24.9 Å². The molecule has 0 fully saturated rings. The summed E-state index contributed by atoms with van der Waals surface area (Å²) in [4.78, 5) is 0. The van der Waals surface area contributed by atoms with Crippen molar-refractivity contribution in [3.05, 3.63) is 35.9 Å². The van der Waals surface area contributed by atoms with Gasteiger partial charge < -0.3 is 4.18 Å². The van der Waals surface area contributed by atoms with Gasteiger partial charge in [0.25, 0.3) is 0 Å². The van der Waals surface area contributed by atoms with Crippen LogP contribution in [0.25, 0.3) is 0 Å². The minimum Gasteiger partial charge on any atom is -0.311 e. The van der Waals surface area contributed by atoms with Gasteiger partial charge in [-0.3, -0.25) is 0 Å². The first-order chi connectivity index (χ1) is 5.38. The van der Waals surface area contributed by atoms with E-state index in [2.05, 4.69) is 19.8 Å². The highest BCUT2D eigenvalue weighted by Crippen LogP contribution is 2.21. The van der Waals surface area contributed by atoms with Gasteiger partial charge in [-0.15, -0.1) is 0 Å². The summed E-state index contributed by atoms with van der Waals surface area (Å²) in [6.07, 6.45) is 1.08. The van der Waals surface area contributed by atoms with E-state index < -0.39 is 0 Å². The Kier molecular flexibility index (Phi) is 3.46. The van der Waals surface area contributed by atoms with Gasteiger partial charge in [0.05, 0.1) is 6.10 Å². The van der Waals surface area contributed by atoms with Gasteiger partial charge in [0.15, 0.2) is 0 Å². The zero-order chi connectivity index (χ0) is 8.10. The summed E-state index contributed by atoms with van der Waals surface area (Å²) in [5.41, 5.74) is 1.19. The monoisotopic (exact) mass is 168 g/mol. The second kappa shape index (κ2) is 4.42. The van der Waals surface area contributed by atoms with E-state index >= 15 is 0 Å². The van der Waals surface area contributed by atoms with Crippen molar-refractivity contribution in [3.8, 4) is 0 Å². The maximum atomic E-state index is 4.98. The molecule has 0 spiro atoms. The number of thiol groups is 1. The van der Waals surface area contributed by atoms with Crippen LogP contribution in [0.1, 0.15) is 25.0 Å². The average Bonchev–Trinajstić information content (AvgIpc) is 2.09. The molecule has 1 rings (SSSR count). The van der Waals surface area contributed by atoms with Gasteiger partial charge in [-0.2, -0.15) is 0 Å². The van der Waals surface area contributed by atoms with Gasteiger partial charge in [0.2, 0.25) is 0 Å². The Balaban J connectivity index is 2.74. The normalized spacial score (nSPS) is 12.9. The van der Waals surface area contributed by atoms with Gasteiger partial charge >= 0.3 is 0 Å². The molecular weight excluding hydrogens is 156 g/mol. The van der Waals surface area contributed by atoms with Crippen LogP contribution in [0.2, 0.25) is 0 Å². The topological polar surface area (TPSA) is 9.23 Å². The van der Waals surface area contributed by atoms with E-state index in [9.17, 15) is 0 Å². The van der Waals surface area contributed by atoms with Crippen LogP contribution < -0.4 is 0 Å². The molecule has 60 valence electrons. The van der Waals surface area contributed by atoms with Crippen LogP contribution in [0.4, 0.5) is 0 Å². The van der Waals surface area contributed by atoms with Gasteiger partial charge in [0.1, 0.15) is 0 Å². The van der Waals surface area contributed by atoms with Crippen molar-refractivity contribution in [1.82, 2.24) is 0 Å². The number of hydrogen-bond donors (Lipinski definition) is 1. The molecule has 0 saturated carbocycles. The van der Waals surface area contributed by atoms with Gasteiger partial charge in [-0.25, -0.2) is 0 Å². The molecule has 0 aliphatic heterocycles. The standard InChI is InChI=1S/C9H12OS/c1-2-9(10-11)8-6-4-3-5-7-8/h3-7,9,11H,2H2,1H3. The van der Waals surface area contributed by atoms with Crippen molar-refractivity contribution < 1.29 is 4.18 Å². The van der Waals surface area contributed by atoms with Crippen LogP contribution in [-0.4, -0.2) is 0 Å². The smallest absolute Gasteiger partial charge is 0.0966 e. The van der Waals surface area contributed by atoms with E-state index in [1.54, 1.807) is 0 Å². The second-order valence-electron chi connectivity index (χ2n) is 2.41. The predicted octanol–water partition coefficient (Wildman–Crippen LogP) is 3.00. The molecule has 1 unspecified atom stereocenters. The first kappa shape index (κ1) is 8.62. The fourth-order valence-corrected chi connectivity index (χ4v) is 1.31. The van der Waals surface area contributed by atoms with Crippen LogP contribution in [-0.2, 0) is 4.18 Å². The maximum Gasteiger partial charge on any atom is 0.0966 e. The molecule has 1 atom stereocenters. The third-order valence-corrected chi connectivity index (χ3v) is 1.92. The molecule has 0 aliphatic rings. The third kappa shape index (κ3) is 2.24. The van der Waals surface area contributed by atoms with E-state index in [1.165, 1.54) is 5.56 Å². The number of rotatable bonds is 3. The highest BCUT2D eigenvalue weighted by Gasteiger charge is 2.05. The minimum atomic E-state index is 0.125. The fraction of sp³-hybridized carbons (Fsp3) is 0.333. The molecule has 0 heterocycles. The van der Waals surface area contributed by atoms with Crippen LogP contribution in [0.15, 0.2) is 30.3 Å². The Hall–Kier alpha value is -0.470. The zero-order valence-corrected chi connectivity index (χ0v) is 7.42. The third-order valence-electron chi connectivity index (χ3n) is 1.67. The highest BCUT2D eigenvalue weighted by molar-refractivity contribution is 7.75. The highest BCUT2D eigenvalue weighted by atomic mass is 32.1. The quantitative estimate of drug-likeness (QED) is 0.539. The fourth-order valence-electron chi connectivity index (χ4n) is 1.04. The lowest BCUT2D eigenvalue weighted by Gasteiger charge is -2.10. The lowest BCUT2D eigenvalue weighted by Crippen LogP contribution is -1.95. The number of benzene rings is 1. The molecule has 0 N–H and O–H groups in total. The van der Waals surface area contributed by atoms with Crippen molar-refractivity contribution in [1.29, 1.82) is 0 Å². The van der Waals surface area contributed by atoms with Crippen LogP contribution in [0.3, 0.4) is 0 Å². The Morgan fingerprint density at radius 2 is 2.00 bits per heavy atom. The first-order valence-corrected chi connectivity index (χ1v) is 4.10. The maximum absolute atomic E-state index is 4.98. The summed E-state index contributed by atoms with van der Waals surface area (Å²) in [7, 11) is 0. The number of hydrogen-bond acceptors (Lipinski definition) is 2. The first-order valence-electron chi connectivity index (χ1n) is 3.73. The molecule has 1 nitrogen and oxygen atoms in total. The predicted molar refractivity (Wildman–Crippen MR) is 49.5 cm³/mol. The summed E-state index contributed by atoms with van der Waals surface area (Å²) in [5.74, 6) is 0. The Labute approximate surface area is 73.0 Å². The van der Waals surface area contributed by atoms with E-state index in [0.29, 0.717) is 0 Å². The van der Waals surface area contributed by atoms with Gasteiger partial charge in [-0.1, -0.05) is 37.3 Å². The summed E-state index contributed by atoms with van der Waals surface area (Å²) in [6, 6.07) is 10.1. The van der Waals surface area contributed by atoms with Crippen LogP contribution >= 0.6 is 12.9 Å². The minimum absolute atomic E-state index is 0.125. The van der Waals surface area contributed by atoms with Crippen LogP contribution in [0, 0.1) is 0 Å². The molecule has 1 aromatic carbocycles.